The minimum atomic E-state index is 0.648. The molecule has 0 bridgehead atoms. The molecule has 0 rings (SSSR count). The molecule has 14 heavy (non-hydrogen) atoms. The van der Waals surface area contributed by atoms with Crippen LogP contribution in [0.2, 0.25) is 0 Å². The van der Waals surface area contributed by atoms with Gasteiger partial charge in [0.1, 0.15) is 0 Å². The number of ether oxygens (including phenoxy) is 1. The molecule has 0 heterocycles. The first-order valence-corrected chi connectivity index (χ1v) is 5.86. The molecule has 0 radical (unpaired) electrons. The third-order valence-electron chi connectivity index (χ3n) is 2.58. The molecule has 2 atom stereocenters. The van der Waals surface area contributed by atoms with E-state index in [1.807, 2.05) is 6.92 Å². The van der Waals surface area contributed by atoms with Crippen LogP contribution in [0.3, 0.4) is 0 Å². The van der Waals surface area contributed by atoms with Crippen LogP contribution >= 0.6 is 0 Å². The van der Waals surface area contributed by atoms with Gasteiger partial charge in [-0.15, -0.1) is 0 Å². The number of rotatable bonds is 8. The highest BCUT2D eigenvalue weighted by Crippen LogP contribution is 2.10. The van der Waals surface area contributed by atoms with Crippen LogP contribution in [0.15, 0.2) is 0 Å². The van der Waals surface area contributed by atoms with Crippen LogP contribution in [0.25, 0.3) is 0 Å². The minimum Gasteiger partial charge on any atom is -0.381 e. The molecule has 0 saturated carbocycles. The summed E-state index contributed by atoms with van der Waals surface area (Å²) < 4.78 is 5.42. The summed E-state index contributed by atoms with van der Waals surface area (Å²) in [4.78, 5) is 0. The maximum atomic E-state index is 5.42. The Morgan fingerprint density at radius 1 is 1.00 bits per heavy atom. The average molecular weight is 201 g/mol. The second kappa shape index (κ2) is 8.25. The van der Waals surface area contributed by atoms with Crippen LogP contribution in [0.4, 0.5) is 0 Å². The van der Waals surface area contributed by atoms with E-state index in [-0.39, 0.29) is 0 Å². The van der Waals surface area contributed by atoms with E-state index in [1.165, 1.54) is 0 Å². The van der Waals surface area contributed by atoms with Gasteiger partial charge in [-0.2, -0.15) is 0 Å². The molecule has 0 aliphatic carbocycles. The van der Waals surface area contributed by atoms with Crippen molar-refractivity contribution in [2.24, 2.45) is 17.8 Å². The standard InChI is InChI=1S/C12H27NO/c1-6-14-9-12(5)11(4)8-13-7-10(2)3/h10-13H,6-9H2,1-5H3. The molecule has 0 aliphatic rings. The Balaban J connectivity index is 3.46. The lowest BCUT2D eigenvalue weighted by Crippen LogP contribution is -2.29. The average Bonchev–Trinajstić information content (AvgIpc) is 2.13. The maximum Gasteiger partial charge on any atom is 0.0494 e. The minimum absolute atomic E-state index is 0.648. The highest BCUT2D eigenvalue weighted by atomic mass is 16.5. The van der Waals surface area contributed by atoms with Crippen molar-refractivity contribution in [2.75, 3.05) is 26.3 Å². The smallest absolute Gasteiger partial charge is 0.0494 e. The van der Waals surface area contributed by atoms with Crippen LogP contribution in [0.1, 0.15) is 34.6 Å². The van der Waals surface area contributed by atoms with Crippen LogP contribution in [0, 0.1) is 17.8 Å². The molecule has 0 aromatic heterocycles. The summed E-state index contributed by atoms with van der Waals surface area (Å²) in [6, 6.07) is 0. The molecule has 1 N–H and O–H groups in total. The summed E-state index contributed by atoms with van der Waals surface area (Å²) in [6.07, 6.45) is 0. The molecule has 0 spiro atoms. The van der Waals surface area contributed by atoms with E-state index in [0.717, 1.165) is 32.2 Å². The van der Waals surface area contributed by atoms with Crippen molar-refractivity contribution in [1.29, 1.82) is 0 Å². The monoisotopic (exact) mass is 201 g/mol. The summed E-state index contributed by atoms with van der Waals surface area (Å²) in [6.45, 7) is 15.0. The fourth-order valence-corrected chi connectivity index (χ4v) is 1.27. The predicted molar refractivity (Wildman–Crippen MR) is 62.5 cm³/mol. The van der Waals surface area contributed by atoms with Crippen LogP contribution < -0.4 is 5.32 Å². The highest BCUT2D eigenvalue weighted by molar-refractivity contribution is 4.64. The number of nitrogens with one attached hydrogen (secondary N) is 1. The van der Waals surface area contributed by atoms with Gasteiger partial charge in [0.15, 0.2) is 0 Å². The van der Waals surface area contributed by atoms with Crippen molar-refractivity contribution in [2.45, 2.75) is 34.6 Å². The van der Waals surface area contributed by atoms with Gasteiger partial charge in [0.25, 0.3) is 0 Å². The first-order valence-electron chi connectivity index (χ1n) is 5.86. The molecule has 0 aromatic carbocycles. The summed E-state index contributed by atoms with van der Waals surface area (Å²) in [7, 11) is 0. The molecular weight excluding hydrogens is 174 g/mol. The zero-order valence-corrected chi connectivity index (χ0v) is 10.5. The Labute approximate surface area is 89.4 Å². The van der Waals surface area contributed by atoms with Gasteiger partial charge in [-0.05, 0) is 37.8 Å². The number of hydrogen-bond donors (Lipinski definition) is 1. The largest absolute Gasteiger partial charge is 0.381 e. The van der Waals surface area contributed by atoms with E-state index < -0.39 is 0 Å². The van der Waals surface area contributed by atoms with Gasteiger partial charge in [-0.3, -0.25) is 0 Å². The Hall–Kier alpha value is -0.0800. The van der Waals surface area contributed by atoms with E-state index in [2.05, 4.69) is 33.0 Å². The topological polar surface area (TPSA) is 21.3 Å². The SMILES string of the molecule is CCOCC(C)C(C)CNCC(C)C. The van der Waals surface area contributed by atoms with Crippen molar-refractivity contribution in [3.63, 3.8) is 0 Å². The Kier molecular flexibility index (Phi) is 8.20. The third kappa shape index (κ3) is 7.34. The first kappa shape index (κ1) is 13.9. The molecule has 0 amide bonds. The van der Waals surface area contributed by atoms with E-state index >= 15 is 0 Å². The lowest BCUT2D eigenvalue weighted by atomic mass is 9.97. The second-order valence-corrected chi connectivity index (χ2v) is 4.67. The van der Waals surface area contributed by atoms with Crippen molar-refractivity contribution >= 4 is 0 Å². The van der Waals surface area contributed by atoms with Gasteiger partial charge in [0.2, 0.25) is 0 Å². The maximum absolute atomic E-state index is 5.42. The molecule has 0 aliphatic heterocycles. The Bertz CT molecular complexity index is 125. The van der Waals surface area contributed by atoms with Gasteiger partial charge < -0.3 is 10.1 Å². The third-order valence-corrected chi connectivity index (χ3v) is 2.58. The van der Waals surface area contributed by atoms with Gasteiger partial charge in [-0.1, -0.05) is 27.7 Å². The van der Waals surface area contributed by atoms with Crippen molar-refractivity contribution in [1.82, 2.24) is 5.32 Å². The van der Waals surface area contributed by atoms with E-state index in [1.54, 1.807) is 0 Å². The quantitative estimate of drug-likeness (QED) is 0.651. The molecular formula is C12H27NO. The lowest BCUT2D eigenvalue weighted by molar-refractivity contribution is 0.0961. The van der Waals surface area contributed by atoms with Gasteiger partial charge in [0.05, 0.1) is 0 Å². The normalized spacial score (nSPS) is 15.9. The van der Waals surface area contributed by atoms with Gasteiger partial charge in [0, 0.05) is 13.2 Å². The molecule has 2 heteroatoms. The molecule has 2 nitrogen and oxygen atoms in total. The molecule has 0 fully saturated rings. The summed E-state index contributed by atoms with van der Waals surface area (Å²) in [5.41, 5.74) is 0. The van der Waals surface area contributed by atoms with E-state index in [9.17, 15) is 0 Å². The summed E-state index contributed by atoms with van der Waals surface area (Å²) >= 11 is 0. The van der Waals surface area contributed by atoms with Crippen molar-refractivity contribution < 1.29 is 4.74 Å². The van der Waals surface area contributed by atoms with Gasteiger partial charge >= 0.3 is 0 Å². The molecule has 86 valence electrons. The fraction of sp³-hybridized carbons (Fsp3) is 1.00. The lowest BCUT2D eigenvalue weighted by Gasteiger charge is -2.20. The Morgan fingerprint density at radius 2 is 1.64 bits per heavy atom. The second-order valence-electron chi connectivity index (χ2n) is 4.67. The summed E-state index contributed by atoms with van der Waals surface area (Å²) in [5, 5.41) is 3.49. The first-order chi connectivity index (χ1) is 6.57. The highest BCUT2D eigenvalue weighted by Gasteiger charge is 2.11. The van der Waals surface area contributed by atoms with Crippen LogP contribution in [0.5, 0.6) is 0 Å². The van der Waals surface area contributed by atoms with Crippen LogP contribution in [-0.2, 0) is 4.74 Å². The zero-order valence-electron chi connectivity index (χ0n) is 10.5. The zero-order chi connectivity index (χ0) is 11.0. The molecule has 0 saturated heterocycles. The van der Waals surface area contributed by atoms with Gasteiger partial charge in [-0.25, -0.2) is 0 Å². The van der Waals surface area contributed by atoms with Crippen molar-refractivity contribution in [3.05, 3.63) is 0 Å². The van der Waals surface area contributed by atoms with Crippen LogP contribution in [-0.4, -0.2) is 26.3 Å². The van der Waals surface area contributed by atoms with E-state index in [4.69, 9.17) is 4.74 Å². The molecule has 0 aromatic rings. The Morgan fingerprint density at radius 3 is 2.14 bits per heavy atom. The summed E-state index contributed by atoms with van der Waals surface area (Å²) in [5.74, 6) is 2.08. The van der Waals surface area contributed by atoms with E-state index in [0.29, 0.717) is 11.8 Å². The number of hydrogen-bond acceptors (Lipinski definition) is 2. The predicted octanol–water partition coefficient (Wildman–Crippen LogP) is 2.54. The fourth-order valence-electron chi connectivity index (χ4n) is 1.27. The molecule has 2 unspecified atom stereocenters. The van der Waals surface area contributed by atoms with Crippen molar-refractivity contribution in [3.8, 4) is 0 Å².